The molecular weight excluding hydrogens is 434 g/mol. The van der Waals surface area contributed by atoms with Crippen molar-refractivity contribution in [3.63, 3.8) is 0 Å². The standard InChI is InChI=1S/C22H33N3O2.C4H8.2C2H6/c1-5-8-22(27)23-15-20-9-6-7-10-21(20)25(18(4)26)16-19-11-13-24(14-12-19)17(2)3;1-3-4-2;2*1-2/h5-7,9-10,17,19H,1,8,11-16H2,2-4H3,(H,23,27);3-4H,1-2H3;2*1-2H3/b;4-3+;;. The van der Waals surface area contributed by atoms with Gasteiger partial charge in [-0.2, -0.15) is 0 Å². The minimum atomic E-state index is -0.0600. The molecule has 0 aliphatic carbocycles. The molecule has 1 aromatic carbocycles. The van der Waals surface area contributed by atoms with Gasteiger partial charge in [0.05, 0.1) is 0 Å². The van der Waals surface area contributed by atoms with Crippen LogP contribution in [0.5, 0.6) is 0 Å². The molecule has 5 nitrogen and oxygen atoms in total. The van der Waals surface area contributed by atoms with E-state index in [0.29, 0.717) is 24.9 Å². The molecule has 0 spiro atoms. The van der Waals surface area contributed by atoms with Crippen molar-refractivity contribution < 1.29 is 9.59 Å². The van der Waals surface area contributed by atoms with Crippen molar-refractivity contribution in [1.29, 1.82) is 0 Å². The van der Waals surface area contributed by atoms with Crippen LogP contribution in [0.2, 0.25) is 0 Å². The third-order valence-corrected chi connectivity index (χ3v) is 5.62. The molecule has 1 heterocycles. The number of amides is 2. The SMILES string of the molecule is C/C=C/C.C=CCC(=O)NCc1ccccc1N(CC1CCN(C(C)C)CC1)C(C)=O.CC.CC. The van der Waals surface area contributed by atoms with E-state index in [1.165, 1.54) is 0 Å². The molecule has 1 N–H and O–H groups in total. The van der Waals surface area contributed by atoms with E-state index in [1.54, 1.807) is 13.0 Å². The minimum Gasteiger partial charge on any atom is -0.352 e. The Bertz CT molecular complexity index is 716. The molecule has 1 saturated heterocycles. The van der Waals surface area contributed by atoms with Crippen molar-refractivity contribution in [1.82, 2.24) is 10.2 Å². The van der Waals surface area contributed by atoms with Gasteiger partial charge in [-0.15, -0.1) is 6.58 Å². The van der Waals surface area contributed by atoms with Crippen LogP contribution in [0.3, 0.4) is 0 Å². The second-order valence-electron chi connectivity index (χ2n) is 8.27. The zero-order valence-corrected chi connectivity index (χ0v) is 24.1. The van der Waals surface area contributed by atoms with Gasteiger partial charge in [-0.05, 0) is 71.2 Å². The van der Waals surface area contributed by atoms with E-state index in [-0.39, 0.29) is 11.8 Å². The van der Waals surface area contributed by atoms with E-state index >= 15 is 0 Å². The van der Waals surface area contributed by atoms with Gasteiger partial charge in [0.25, 0.3) is 0 Å². The number of benzene rings is 1. The molecule has 2 amide bonds. The van der Waals surface area contributed by atoms with Gasteiger partial charge in [0, 0.05) is 38.2 Å². The van der Waals surface area contributed by atoms with Crippen molar-refractivity contribution in [3.8, 4) is 0 Å². The number of allylic oxidation sites excluding steroid dienone is 2. The molecule has 1 fully saturated rings. The average Bonchev–Trinajstić information content (AvgIpc) is 2.89. The summed E-state index contributed by atoms with van der Waals surface area (Å²) >= 11 is 0. The number of nitrogens with one attached hydrogen (secondary N) is 1. The Hall–Kier alpha value is -2.40. The summed E-state index contributed by atoms with van der Waals surface area (Å²) in [5.41, 5.74) is 1.86. The molecule has 0 radical (unpaired) electrons. The Morgan fingerprint density at radius 2 is 1.63 bits per heavy atom. The quantitative estimate of drug-likeness (QED) is 0.402. The minimum absolute atomic E-state index is 0.0474. The highest BCUT2D eigenvalue weighted by atomic mass is 16.2. The van der Waals surface area contributed by atoms with Crippen molar-refractivity contribution >= 4 is 17.5 Å². The Morgan fingerprint density at radius 1 is 1.09 bits per heavy atom. The van der Waals surface area contributed by atoms with Crippen LogP contribution in [-0.4, -0.2) is 42.4 Å². The maximum atomic E-state index is 12.4. The number of piperidine rings is 1. The highest BCUT2D eigenvalue weighted by molar-refractivity contribution is 5.92. The zero-order chi connectivity index (χ0) is 27.2. The predicted octanol–water partition coefficient (Wildman–Crippen LogP) is 6.99. The van der Waals surface area contributed by atoms with Crippen LogP contribution in [0, 0.1) is 5.92 Å². The Morgan fingerprint density at radius 3 is 2.09 bits per heavy atom. The number of rotatable bonds is 8. The lowest BCUT2D eigenvalue weighted by atomic mass is 9.95. The summed E-state index contributed by atoms with van der Waals surface area (Å²) in [6, 6.07) is 8.41. The lowest BCUT2D eigenvalue weighted by molar-refractivity contribution is -0.120. The van der Waals surface area contributed by atoms with Crippen molar-refractivity contribution in [2.45, 2.75) is 94.2 Å². The van der Waals surface area contributed by atoms with E-state index in [9.17, 15) is 9.59 Å². The van der Waals surface area contributed by atoms with Gasteiger partial charge in [-0.25, -0.2) is 0 Å². The topological polar surface area (TPSA) is 52.7 Å². The van der Waals surface area contributed by atoms with Crippen LogP contribution in [0.1, 0.15) is 87.1 Å². The summed E-state index contributed by atoms with van der Waals surface area (Å²) in [5, 5.41) is 2.90. The fourth-order valence-electron chi connectivity index (χ4n) is 3.63. The van der Waals surface area contributed by atoms with Crippen molar-refractivity contribution in [2.75, 3.05) is 24.5 Å². The molecule has 0 bridgehead atoms. The van der Waals surface area contributed by atoms with E-state index < -0.39 is 0 Å². The van der Waals surface area contributed by atoms with E-state index in [1.807, 2.05) is 82.9 Å². The first-order valence-corrected chi connectivity index (χ1v) is 13.4. The highest BCUT2D eigenvalue weighted by Gasteiger charge is 2.25. The van der Waals surface area contributed by atoms with E-state index in [4.69, 9.17) is 0 Å². The summed E-state index contributed by atoms with van der Waals surface area (Å²) in [6.45, 7) is 25.0. The molecule has 1 aliphatic rings. The first-order chi connectivity index (χ1) is 16.8. The molecule has 1 aliphatic heterocycles. The first kappa shape index (κ1) is 34.8. The van der Waals surface area contributed by atoms with Crippen LogP contribution in [0.15, 0.2) is 49.1 Å². The second-order valence-corrected chi connectivity index (χ2v) is 8.27. The molecule has 35 heavy (non-hydrogen) atoms. The Labute approximate surface area is 216 Å². The number of carbonyl (C=O) groups is 2. The van der Waals surface area contributed by atoms with Gasteiger partial charge in [-0.1, -0.05) is 64.1 Å². The van der Waals surface area contributed by atoms with Gasteiger partial charge in [-0.3, -0.25) is 9.59 Å². The summed E-state index contributed by atoms with van der Waals surface area (Å²) in [7, 11) is 0. The summed E-state index contributed by atoms with van der Waals surface area (Å²) < 4.78 is 0. The normalized spacial score (nSPS) is 13.4. The van der Waals surface area contributed by atoms with Gasteiger partial charge in [0.2, 0.25) is 11.8 Å². The van der Waals surface area contributed by atoms with Crippen LogP contribution in [0.4, 0.5) is 5.69 Å². The molecule has 2 rings (SSSR count). The largest absolute Gasteiger partial charge is 0.352 e. The molecular formula is C30H53N3O2. The summed E-state index contributed by atoms with van der Waals surface area (Å²) in [5.74, 6) is 0.494. The maximum Gasteiger partial charge on any atom is 0.224 e. The van der Waals surface area contributed by atoms with Gasteiger partial charge in [0.1, 0.15) is 0 Å². The number of para-hydroxylation sites is 1. The molecule has 0 aromatic heterocycles. The number of nitrogens with zero attached hydrogens (tertiary/aromatic N) is 2. The summed E-state index contributed by atoms with van der Waals surface area (Å²) in [6.07, 6.45) is 8.11. The van der Waals surface area contributed by atoms with Gasteiger partial charge < -0.3 is 15.1 Å². The lowest BCUT2D eigenvalue weighted by Crippen LogP contribution is -2.43. The lowest BCUT2D eigenvalue weighted by Gasteiger charge is -2.37. The third-order valence-electron chi connectivity index (χ3n) is 5.62. The molecule has 0 atom stereocenters. The van der Waals surface area contributed by atoms with Gasteiger partial charge in [0.15, 0.2) is 0 Å². The number of hydrogen-bond acceptors (Lipinski definition) is 3. The number of anilines is 1. The Kier molecular flexibility index (Phi) is 21.9. The number of hydrogen-bond donors (Lipinski definition) is 1. The van der Waals surface area contributed by atoms with Gasteiger partial charge >= 0.3 is 0 Å². The maximum absolute atomic E-state index is 12.4. The number of likely N-dealkylation sites (tertiary alicyclic amines) is 1. The smallest absolute Gasteiger partial charge is 0.224 e. The molecule has 200 valence electrons. The van der Waals surface area contributed by atoms with E-state index in [2.05, 4.69) is 30.6 Å². The van der Waals surface area contributed by atoms with Crippen LogP contribution < -0.4 is 10.2 Å². The highest BCUT2D eigenvalue weighted by Crippen LogP contribution is 2.26. The Balaban J connectivity index is 0. The molecule has 0 unspecified atom stereocenters. The van der Waals surface area contributed by atoms with Crippen molar-refractivity contribution in [3.05, 3.63) is 54.6 Å². The first-order valence-electron chi connectivity index (χ1n) is 13.4. The average molecular weight is 488 g/mol. The van der Waals surface area contributed by atoms with Crippen LogP contribution in [-0.2, 0) is 16.1 Å². The van der Waals surface area contributed by atoms with Crippen LogP contribution in [0.25, 0.3) is 0 Å². The number of carbonyl (C=O) groups excluding carboxylic acids is 2. The fourth-order valence-corrected chi connectivity index (χ4v) is 3.63. The van der Waals surface area contributed by atoms with Crippen molar-refractivity contribution in [2.24, 2.45) is 5.92 Å². The van der Waals surface area contributed by atoms with E-state index in [0.717, 1.165) is 43.7 Å². The molecule has 1 aromatic rings. The second kappa shape index (κ2) is 22.1. The van der Waals surface area contributed by atoms with Crippen LogP contribution >= 0.6 is 0 Å². The zero-order valence-electron chi connectivity index (χ0n) is 24.1. The fraction of sp³-hybridized carbons (Fsp3) is 0.600. The molecule has 5 heteroatoms. The third kappa shape index (κ3) is 14.6. The molecule has 0 saturated carbocycles. The predicted molar refractivity (Wildman–Crippen MR) is 154 cm³/mol. The summed E-state index contributed by atoms with van der Waals surface area (Å²) in [4.78, 5) is 28.5. The monoisotopic (exact) mass is 487 g/mol.